The van der Waals surface area contributed by atoms with E-state index in [1.807, 2.05) is 11.3 Å². The molecule has 0 saturated carbocycles. The lowest BCUT2D eigenvalue weighted by atomic mass is 10.1. The fourth-order valence-electron chi connectivity index (χ4n) is 2.73. The first-order chi connectivity index (χ1) is 11.1. The van der Waals surface area contributed by atoms with Crippen LogP contribution in [0, 0.1) is 0 Å². The predicted octanol–water partition coefficient (Wildman–Crippen LogP) is 5.70. The van der Waals surface area contributed by atoms with Crippen molar-refractivity contribution in [2.24, 2.45) is 4.99 Å². The van der Waals surface area contributed by atoms with E-state index in [4.69, 9.17) is 4.74 Å². The van der Waals surface area contributed by atoms with E-state index in [1.54, 1.807) is 0 Å². The van der Waals surface area contributed by atoms with Gasteiger partial charge in [-0.1, -0.05) is 31.9 Å². The summed E-state index contributed by atoms with van der Waals surface area (Å²) in [7, 11) is 0. The molecule has 23 heavy (non-hydrogen) atoms. The van der Waals surface area contributed by atoms with E-state index in [-0.39, 0.29) is 5.54 Å². The molecule has 0 radical (unpaired) electrons. The number of hydrogen-bond acceptors (Lipinski definition) is 3. The number of aliphatic imine (C=N–C) groups is 1. The van der Waals surface area contributed by atoms with E-state index in [0.29, 0.717) is 6.61 Å². The molecule has 3 heteroatoms. The van der Waals surface area contributed by atoms with Gasteiger partial charge in [-0.3, -0.25) is 0 Å². The third kappa shape index (κ3) is 4.03. The second-order valence-electron chi connectivity index (χ2n) is 6.82. The number of ether oxygens (including phenoxy) is 1. The third-order valence-electron chi connectivity index (χ3n) is 4.07. The number of nitrogens with zero attached hydrogens (tertiary/aromatic N) is 1. The van der Waals surface area contributed by atoms with Crippen LogP contribution in [0.4, 0.5) is 0 Å². The van der Waals surface area contributed by atoms with Crippen LogP contribution in [0.3, 0.4) is 0 Å². The summed E-state index contributed by atoms with van der Waals surface area (Å²) in [4.78, 5) is 7.47. The molecule has 2 heterocycles. The van der Waals surface area contributed by atoms with E-state index in [9.17, 15) is 0 Å². The van der Waals surface area contributed by atoms with Gasteiger partial charge in [0.25, 0.3) is 0 Å². The quantitative estimate of drug-likeness (QED) is 0.623. The second-order valence-corrected chi connectivity index (χ2v) is 7.99. The zero-order chi connectivity index (χ0) is 16.3. The molecule has 2 nitrogen and oxygen atoms in total. The Morgan fingerprint density at radius 2 is 1.78 bits per heavy atom. The van der Waals surface area contributed by atoms with E-state index >= 15 is 0 Å². The topological polar surface area (TPSA) is 21.6 Å². The molecule has 0 amide bonds. The molecule has 1 aromatic carbocycles. The van der Waals surface area contributed by atoms with Crippen LogP contribution in [0.1, 0.15) is 50.5 Å². The number of rotatable bonds is 6. The summed E-state index contributed by atoms with van der Waals surface area (Å²) in [5.41, 5.74) is 2.24. The highest BCUT2D eigenvalue weighted by atomic mass is 32.1. The smallest absolute Gasteiger partial charge is 0.216 e. The van der Waals surface area contributed by atoms with Crippen molar-refractivity contribution in [3.05, 3.63) is 46.8 Å². The highest BCUT2D eigenvalue weighted by Gasteiger charge is 2.26. The number of unbranched alkanes of at least 4 members (excludes halogenated alkanes) is 2. The molecule has 0 spiro atoms. The Balaban J connectivity index is 1.70. The van der Waals surface area contributed by atoms with Crippen LogP contribution in [0.5, 0.6) is 0 Å². The lowest BCUT2D eigenvalue weighted by molar-refractivity contribution is 0.279. The summed E-state index contributed by atoms with van der Waals surface area (Å²) < 4.78 is 5.71. The lowest BCUT2D eigenvalue weighted by Crippen LogP contribution is -2.17. The molecular formula is C20H25NOS. The van der Waals surface area contributed by atoms with Gasteiger partial charge in [0.15, 0.2) is 0 Å². The highest BCUT2D eigenvalue weighted by molar-refractivity contribution is 7.15. The molecule has 1 aliphatic rings. The van der Waals surface area contributed by atoms with Gasteiger partial charge in [0.2, 0.25) is 5.90 Å². The van der Waals surface area contributed by atoms with Crippen molar-refractivity contribution in [1.82, 2.24) is 0 Å². The maximum atomic E-state index is 5.71. The van der Waals surface area contributed by atoms with Gasteiger partial charge < -0.3 is 4.74 Å². The predicted molar refractivity (Wildman–Crippen MR) is 99.6 cm³/mol. The van der Waals surface area contributed by atoms with Crippen molar-refractivity contribution in [3.63, 3.8) is 0 Å². The first kappa shape index (κ1) is 16.3. The van der Waals surface area contributed by atoms with Gasteiger partial charge in [-0.15, -0.1) is 11.3 Å². The molecule has 0 saturated heterocycles. The molecule has 0 atom stereocenters. The van der Waals surface area contributed by atoms with Crippen LogP contribution in [0.2, 0.25) is 0 Å². The first-order valence-corrected chi connectivity index (χ1v) is 9.31. The molecule has 0 unspecified atom stereocenters. The molecule has 1 aromatic heterocycles. The highest BCUT2D eigenvalue weighted by Crippen LogP contribution is 2.30. The van der Waals surface area contributed by atoms with Gasteiger partial charge in [0.05, 0.1) is 5.54 Å². The Morgan fingerprint density at radius 3 is 2.43 bits per heavy atom. The summed E-state index contributed by atoms with van der Waals surface area (Å²) in [5.74, 6) is 0.771. The van der Waals surface area contributed by atoms with Gasteiger partial charge in [0.1, 0.15) is 6.61 Å². The maximum absolute atomic E-state index is 5.71. The summed E-state index contributed by atoms with van der Waals surface area (Å²) >= 11 is 1.91. The van der Waals surface area contributed by atoms with Crippen LogP contribution in [-0.4, -0.2) is 18.0 Å². The molecule has 0 fully saturated rings. The van der Waals surface area contributed by atoms with Gasteiger partial charge in [-0.2, -0.15) is 0 Å². The monoisotopic (exact) mass is 327 g/mol. The van der Waals surface area contributed by atoms with Gasteiger partial charge in [-0.25, -0.2) is 4.99 Å². The largest absolute Gasteiger partial charge is 0.475 e. The standard InChI is InChI=1S/C20H25NOS/c1-4-5-6-7-17-12-13-18(23-17)15-8-10-16(11-9-15)19-21-20(2,3)14-22-19/h8-13H,4-7,14H2,1-3H3. The molecule has 0 N–H and O–H groups in total. The van der Waals surface area contributed by atoms with E-state index in [2.05, 4.69) is 62.2 Å². The minimum Gasteiger partial charge on any atom is -0.475 e. The van der Waals surface area contributed by atoms with E-state index in [1.165, 1.54) is 41.0 Å². The molecule has 0 bridgehead atoms. The fraction of sp³-hybridized carbons (Fsp3) is 0.450. The second kappa shape index (κ2) is 6.88. The molecule has 0 aliphatic carbocycles. The average molecular weight is 327 g/mol. The Labute approximate surface area is 143 Å². The van der Waals surface area contributed by atoms with Crippen molar-refractivity contribution in [3.8, 4) is 10.4 Å². The summed E-state index contributed by atoms with van der Waals surface area (Å²) in [6.07, 6.45) is 5.10. The number of aryl methyl sites for hydroxylation is 1. The number of benzene rings is 1. The maximum Gasteiger partial charge on any atom is 0.216 e. The molecule has 1 aliphatic heterocycles. The minimum absolute atomic E-state index is 0.102. The molecule has 2 aromatic rings. The van der Waals surface area contributed by atoms with Crippen molar-refractivity contribution < 1.29 is 4.74 Å². The van der Waals surface area contributed by atoms with Crippen LogP contribution in [-0.2, 0) is 11.2 Å². The van der Waals surface area contributed by atoms with Crippen LogP contribution < -0.4 is 0 Å². The Morgan fingerprint density at radius 1 is 1.04 bits per heavy atom. The van der Waals surface area contributed by atoms with Crippen LogP contribution >= 0.6 is 11.3 Å². The Hall–Kier alpha value is -1.61. The van der Waals surface area contributed by atoms with Gasteiger partial charge in [-0.05, 0) is 56.5 Å². The van der Waals surface area contributed by atoms with Crippen molar-refractivity contribution in [2.75, 3.05) is 6.61 Å². The van der Waals surface area contributed by atoms with Crippen molar-refractivity contribution >= 4 is 17.2 Å². The Kier molecular flexibility index (Phi) is 4.86. The summed E-state index contributed by atoms with van der Waals surface area (Å²) in [6.45, 7) is 7.11. The zero-order valence-electron chi connectivity index (χ0n) is 14.3. The first-order valence-electron chi connectivity index (χ1n) is 8.49. The van der Waals surface area contributed by atoms with Gasteiger partial charge in [0, 0.05) is 15.3 Å². The van der Waals surface area contributed by atoms with Crippen molar-refractivity contribution in [2.45, 2.75) is 52.0 Å². The normalized spacial score (nSPS) is 16.2. The van der Waals surface area contributed by atoms with E-state index < -0.39 is 0 Å². The lowest BCUT2D eigenvalue weighted by Gasteiger charge is -2.07. The van der Waals surface area contributed by atoms with E-state index in [0.717, 1.165) is 11.5 Å². The average Bonchev–Trinajstić information content (AvgIpc) is 3.14. The minimum atomic E-state index is -0.102. The van der Waals surface area contributed by atoms with Gasteiger partial charge >= 0.3 is 0 Å². The molecular weight excluding hydrogens is 302 g/mol. The fourth-order valence-corrected chi connectivity index (χ4v) is 3.78. The summed E-state index contributed by atoms with van der Waals surface area (Å²) in [6, 6.07) is 13.1. The Bertz CT molecular complexity index is 682. The third-order valence-corrected chi connectivity index (χ3v) is 5.27. The number of hydrogen-bond donors (Lipinski definition) is 0. The zero-order valence-corrected chi connectivity index (χ0v) is 15.1. The van der Waals surface area contributed by atoms with Crippen molar-refractivity contribution in [1.29, 1.82) is 0 Å². The van der Waals surface area contributed by atoms with Crippen LogP contribution in [0.15, 0.2) is 41.4 Å². The SMILES string of the molecule is CCCCCc1ccc(-c2ccc(C3=NC(C)(C)CO3)cc2)s1. The molecule has 122 valence electrons. The molecule has 3 rings (SSSR count). The van der Waals surface area contributed by atoms with Crippen LogP contribution in [0.25, 0.3) is 10.4 Å². The summed E-state index contributed by atoms with van der Waals surface area (Å²) in [5, 5.41) is 0. The number of thiophene rings is 1.